The van der Waals surface area contributed by atoms with Gasteiger partial charge < -0.3 is 5.48 Å². The third kappa shape index (κ3) is 31.5. The minimum Gasteiger partial charge on any atom is -2.00 e. The normalized spacial score (nSPS) is 6.40. The number of rotatable bonds is 8. The summed E-state index contributed by atoms with van der Waals surface area (Å²) in [4.78, 5) is 0. The van der Waals surface area contributed by atoms with E-state index < -0.39 is 0 Å². The van der Waals surface area contributed by atoms with Gasteiger partial charge in [-0.1, -0.05) is 0 Å². The zero-order valence-electron chi connectivity index (χ0n) is 9.53. The molecule has 0 saturated heterocycles. The fraction of sp³-hybridized carbons (Fsp3) is 0.333. The first kappa shape index (κ1) is 20.4. The zero-order valence-corrected chi connectivity index (χ0v) is 11.8. The van der Waals surface area contributed by atoms with Crippen molar-refractivity contribution in [2.24, 2.45) is 0 Å². The van der Waals surface area contributed by atoms with Gasteiger partial charge in [-0.25, -0.2) is 0 Å². The predicted octanol–water partition coefficient (Wildman–Crippen LogP) is 3.68. The van der Waals surface area contributed by atoms with E-state index in [-0.39, 0.29) is 5.48 Å². The molecule has 0 aliphatic carbocycles. The molecule has 0 saturated carbocycles. The molecule has 0 amide bonds. The molecule has 0 aliphatic heterocycles. The van der Waals surface area contributed by atoms with Crippen molar-refractivity contribution < 1.29 is 5.48 Å². The van der Waals surface area contributed by atoms with Gasteiger partial charge in [0.2, 0.25) is 0 Å². The van der Waals surface area contributed by atoms with Crippen LogP contribution < -0.4 is 0 Å². The number of allylic oxidation sites excluding steroid dienone is 4. The van der Waals surface area contributed by atoms with Gasteiger partial charge in [0, 0.05) is 0 Å². The van der Waals surface area contributed by atoms with E-state index in [1.165, 1.54) is 21.1 Å². The van der Waals surface area contributed by atoms with E-state index in [1.807, 2.05) is 24.3 Å². The topological polar surface area (TPSA) is 28.5 Å². The van der Waals surface area contributed by atoms with Crippen molar-refractivity contribution in [2.75, 3.05) is 0 Å². The summed E-state index contributed by atoms with van der Waals surface area (Å²) in [5, 5.41) is 4.80. The Kier molecular flexibility index (Phi) is 32.2. The van der Waals surface area contributed by atoms with Crippen LogP contribution in [0, 0.1) is 0 Å². The smallest absolute Gasteiger partial charge is 2.00 e. The molecule has 0 unspecified atom stereocenters. The molecule has 0 aromatic carbocycles. The van der Waals surface area contributed by atoms with Crippen molar-refractivity contribution in [3.8, 4) is 0 Å². The molecule has 0 heterocycles. The van der Waals surface area contributed by atoms with Crippen LogP contribution in [-0.4, -0.2) is 30.4 Å². The summed E-state index contributed by atoms with van der Waals surface area (Å²) in [5.74, 6) is 0. The monoisotopic (exact) mass is 234 g/mol. The molecule has 0 aromatic rings. The van der Waals surface area contributed by atoms with Crippen molar-refractivity contribution in [2.45, 2.75) is 21.1 Å². The van der Waals surface area contributed by atoms with Crippen molar-refractivity contribution in [1.29, 1.82) is 0 Å². The fourth-order valence-electron chi connectivity index (χ4n) is 0.664. The summed E-state index contributed by atoms with van der Waals surface area (Å²) in [6.07, 6.45) is 7.88. The van der Waals surface area contributed by atoms with Crippen molar-refractivity contribution >= 4 is 30.4 Å². The van der Waals surface area contributed by atoms with E-state index in [0.29, 0.717) is 30.4 Å². The molecule has 3 heteroatoms. The first-order valence-electron chi connectivity index (χ1n) is 4.90. The third-order valence-electron chi connectivity index (χ3n) is 1.33. The minimum atomic E-state index is 0. The maximum Gasteiger partial charge on any atom is -2.00 e. The second-order valence-corrected chi connectivity index (χ2v) is 5.72. The van der Waals surface area contributed by atoms with Crippen LogP contribution in [0.4, 0.5) is 0 Å². The Hall–Kier alpha value is -0.0151. The van der Waals surface area contributed by atoms with Crippen LogP contribution in [0.3, 0.4) is 0 Å². The van der Waals surface area contributed by atoms with Crippen LogP contribution in [0.2, 0.25) is 21.1 Å². The molecule has 0 bridgehead atoms. The molecule has 0 fully saturated rings. The van der Waals surface area contributed by atoms with Gasteiger partial charge in [0.05, 0.1) is 0 Å². The van der Waals surface area contributed by atoms with Gasteiger partial charge in [-0.3, -0.25) is 0 Å². The zero-order chi connectivity index (χ0) is 11.1. The second kappa shape index (κ2) is 23.7. The summed E-state index contributed by atoms with van der Waals surface area (Å²) in [7, 11) is 0. The van der Waals surface area contributed by atoms with Crippen LogP contribution in [0.1, 0.15) is 0 Å². The SMILES string of the molecule is C=C[CH2][Al+][CH2]C=C.C=C[CH2][Al+][CH2]C=C.[O-2]. The Labute approximate surface area is 107 Å². The van der Waals surface area contributed by atoms with Crippen LogP contribution in [0.15, 0.2) is 50.6 Å². The molecule has 15 heavy (non-hydrogen) atoms. The molecule has 0 aliphatic rings. The third-order valence-corrected chi connectivity index (χ3v) is 4.00. The largest absolute Gasteiger partial charge is 2.00 e. The number of hydrogen-bond acceptors (Lipinski definition) is 0. The molecule has 0 atom stereocenters. The predicted molar refractivity (Wildman–Crippen MR) is 72.2 cm³/mol. The number of hydrogen-bond donors (Lipinski definition) is 0. The quantitative estimate of drug-likeness (QED) is 0.348. The molecule has 0 rings (SSSR count). The molecule has 0 radical (unpaired) electrons. The average molecular weight is 234 g/mol. The van der Waals surface area contributed by atoms with Crippen LogP contribution in [0.25, 0.3) is 0 Å². The Morgan fingerprint density at radius 2 is 0.800 bits per heavy atom. The van der Waals surface area contributed by atoms with Crippen molar-refractivity contribution in [1.82, 2.24) is 0 Å². The van der Waals surface area contributed by atoms with Gasteiger partial charge in [-0.15, -0.1) is 0 Å². The van der Waals surface area contributed by atoms with Gasteiger partial charge in [0.25, 0.3) is 0 Å². The Bertz CT molecular complexity index is 122. The summed E-state index contributed by atoms with van der Waals surface area (Å²) >= 11 is 1.17. The molecule has 0 N–H and O–H groups in total. The van der Waals surface area contributed by atoms with E-state index in [2.05, 4.69) is 26.3 Å². The van der Waals surface area contributed by atoms with E-state index in [4.69, 9.17) is 0 Å². The molecular weight excluding hydrogens is 214 g/mol. The van der Waals surface area contributed by atoms with Crippen molar-refractivity contribution in [3.63, 3.8) is 0 Å². The second-order valence-electron chi connectivity index (χ2n) is 2.67. The summed E-state index contributed by atoms with van der Waals surface area (Å²) in [6.45, 7) is 14.5. The fourth-order valence-corrected chi connectivity index (χ4v) is 1.99. The van der Waals surface area contributed by atoms with Gasteiger partial charge in [0.15, 0.2) is 0 Å². The van der Waals surface area contributed by atoms with E-state index in [1.54, 1.807) is 0 Å². The van der Waals surface area contributed by atoms with Crippen LogP contribution in [-0.2, 0) is 5.48 Å². The Morgan fingerprint density at radius 1 is 0.600 bits per heavy atom. The Balaban J connectivity index is -0.000000180. The molecular formula is C12H20Al2O. The minimum absolute atomic E-state index is 0. The van der Waals surface area contributed by atoms with E-state index >= 15 is 0 Å². The maximum atomic E-state index is 3.62. The van der Waals surface area contributed by atoms with Crippen LogP contribution in [0.5, 0.6) is 0 Å². The average Bonchev–Trinajstić information content (AvgIpc) is 2.21. The standard InChI is InChI=1S/4C3H5.2Al.O/c4*1-3-2;;;/h4*3H,1-2H2;;;/q;;;;2*+1;-2. The Morgan fingerprint density at radius 3 is 0.933 bits per heavy atom. The summed E-state index contributed by atoms with van der Waals surface area (Å²) in [6, 6.07) is 0. The van der Waals surface area contributed by atoms with Gasteiger partial charge in [-0.2, -0.15) is 0 Å². The molecule has 0 spiro atoms. The first-order valence-corrected chi connectivity index (χ1v) is 8.16. The van der Waals surface area contributed by atoms with E-state index in [9.17, 15) is 0 Å². The summed E-state index contributed by atoms with van der Waals surface area (Å²) < 4.78 is 0. The van der Waals surface area contributed by atoms with Gasteiger partial charge in [-0.05, 0) is 0 Å². The van der Waals surface area contributed by atoms with Gasteiger partial charge in [0.1, 0.15) is 0 Å². The van der Waals surface area contributed by atoms with Crippen molar-refractivity contribution in [3.05, 3.63) is 50.6 Å². The van der Waals surface area contributed by atoms with Gasteiger partial charge >= 0.3 is 102 Å². The van der Waals surface area contributed by atoms with E-state index in [0.717, 1.165) is 0 Å². The molecule has 0 aromatic heterocycles. The molecule has 80 valence electrons. The summed E-state index contributed by atoms with van der Waals surface area (Å²) in [5.41, 5.74) is 0. The first-order chi connectivity index (χ1) is 6.83. The van der Waals surface area contributed by atoms with Crippen LogP contribution >= 0.6 is 0 Å². The maximum absolute atomic E-state index is 3.62. The molecule has 1 nitrogen and oxygen atoms in total.